The molecule has 29 heavy (non-hydrogen) atoms. The largest absolute Gasteiger partial charge is 0.452 e. The Balaban J connectivity index is 1.58. The molecule has 2 aromatic carbocycles. The van der Waals surface area contributed by atoms with Gasteiger partial charge in [0.05, 0.1) is 16.2 Å². The van der Waals surface area contributed by atoms with Gasteiger partial charge < -0.3 is 4.74 Å². The van der Waals surface area contributed by atoms with Gasteiger partial charge in [0.2, 0.25) is 0 Å². The molecule has 0 unspecified atom stereocenters. The third kappa shape index (κ3) is 5.12. The summed E-state index contributed by atoms with van der Waals surface area (Å²) < 4.78 is 17.8. The summed E-state index contributed by atoms with van der Waals surface area (Å²) in [6, 6.07) is 9.14. The summed E-state index contributed by atoms with van der Waals surface area (Å²) in [7, 11) is 0. The first-order valence-electron chi connectivity index (χ1n) is 7.96. The number of benzene rings is 2. The number of halogens is 2. The topological polar surface area (TPSA) is 111 Å². The highest BCUT2D eigenvalue weighted by molar-refractivity contribution is 7.14. The molecule has 0 atom stereocenters. The van der Waals surface area contributed by atoms with E-state index in [1.165, 1.54) is 24.3 Å². The highest BCUT2D eigenvalue weighted by atomic mass is 35.5. The van der Waals surface area contributed by atoms with Gasteiger partial charge in [0.25, 0.3) is 11.6 Å². The lowest BCUT2D eigenvalue weighted by Gasteiger charge is -2.05. The van der Waals surface area contributed by atoms with Crippen LogP contribution >= 0.6 is 22.9 Å². The van der Waals surface area contributed by atoms with Crippen LogP contribution in [0.4, 0.5) is 15.2 Å². The maximum Gasteiger partial charge on any atom is 0.338 e. The number of nitrogens with zero attached hydrogens (tertiary/aromatic N) is 2. The third-order valence-corrected chi connectivity index (χ3v) is 4.68. The Morgan fingerprint density at radius 1 is 1.24 bits per heavy atom. The van der Waals surface area contributed by atoms with E-state index in [4.69, 9.17) is 16.3 Å². The Morgan fingerprint density at radius 2 is 1.97 bits per heavy atom. The predicted octanol–water partition coefficient (Wildman–Crippen LogP) is 4.31. The summed E-state index contributed by atoms with van der Waals surface area (Å²) >= 11 is 6.83. The predicted molar refractivity (Wildman–Crippen MR) is 105 cm³/mol. The molecule has 0 radical (unpaired) electrons. The molecule has 0 saturated carbocycles. The number of carbonyl (C=O) groups excluding carboxylic acids is 2. The Morgan fingerprint density at radius 3 is 2.66 bits per heavy atom. The van der Waals surface area contributed by atoms with Gasteiger partial charge in [-0.2, -0.15) is 0 Å². The van der Waals surface area contributed by atoms with Crippen LogP contribution in [-0.2, 0) is 9.53 Å². The molecule has 8 nitrogen and oxygen atoms in total. The van der Waals surface area contributed by atoms with Gasteiger partial charge in [-0.25, -0.2) is 14.2 Å². The van der Waals surface area contributed by atoms with Crippen molar-refractivity contribution in [2.75, 3.05) is 11.9 Å². The molecule has 0 spiro atoms. The zero-order chi connectivity index (χ0) is 21.0. The van der Waals surface area contributed by atoms with Crippen molar-refractivity contribution in [1.29, 1.82) is 0 Å². The first-order chi connectivity index (χ1) is 13.8. The second kappa shape index (κ2) is 8.76. The van der Waals surface area contributed by atoms with Crippen LogP contribution in [0.25, 0.3) is 11.3 Å². The van der Waals surface area contributed by atoms with Gasteiger partial charge in [-0.15, -0.1) is 11.3 Å². The van der Waals surface area contributed by atoms with Gasteiger partial charge in [0.1, 0.15) is 10.8 Å². The number of carbonyl (C=O) groups is 2. The van der Waals surface area contributed by atoms with E-state index < -0.39 is 29.1 Å². The smallest absolute Gasteiger partial charge is 0.338 e. The standard InChI is InChI=1S/C18H11ClFN3O5S/c19-13-6-3-11(7-15(13)23(26)27)17(25)28-8-16(24)22-18-21-14(9-29-18)10-1-4-12(20)5-2-10/h1-7,9H,8H2,(H,21,22,24). The minimum absolute atomic E-state index is 0.109. The van der Waals surface area contributed by atoms with E-state index >= 15 is 0 Å². The number of nitrogens with one attached hydrogen (secondary N) is 1. The highest BCUT2D eigenvalue weighted by Gasteiger charge is 2.18. The second-order valence-electron chi connectivity index (χ2n) is 5.59. The van der Waals surface area contributed by atoms with Gasteiger partial charge in [0, 0.05) is 17.0 Å². The fraction of sp³-hybridized carbons (Fsp3) is 0.0556. The molecule has 0 aliphatic heterocycles. The van der Waals surface area contributed by atoms with Crippen LogP contribution in [0.5, 0.6) is 0 Å². The van der Waals surface area contributed by atoms with Crippen molar-refractivity contribution < 1.29 is 23.6 Å². The normalized spacial score (nSPS) is 10.4. The lowest BCUT2D eigenvalue weighted by molar-refractivity contribution is -0.384. The fourth-order valence-corrected chi connectivity index (χ4v) is 3.16. The molecule has 1 heterocycles. The number of hydrogen-bond acceptors (Lipinski definition) is 7. The van der Waals surface area contributed by atoms with Crippen molar-refractivity contribution in [3.05, 3.63) is 74.4 Å². The molecule has 1 amide bonds. The molecule has 1 N–H and O–H groups in total. The molecule has 11 heteroatoms. The van der Waals surface area contributed by atoms with E-state index in [2.05, 4.69) is 10.3 Å². The lowest BCUT2D eigenvalue weighted by atomic mass is 10.2. The van der Waals surface area contributed by atoms with Crippen molar-refractivity contribution in [1.82, 2.24) is 4.98 Å². The molecule has 0 saturated heterocycles. The van der Waals surface area contributed by atoms with Crippen molar-refractivity contribution >= 4 is 45.6 Å². The molecule has 148 valence electrons. The number of esters is 1. The zero-order valence-corrected chi connectivity index (χ0v) is 16.0. The van der Waals surface area contributed by atoms with Crippen molar-refractivity contribution in [2.24, 2.45) is 0 Å². The van der Waals surface area contributed by atoms with Crippen LogP contribution in [0.2, 0.25) is 5.02 Å². The quantitative estimate of drug-likeness (QED) is 0.351. The number of amides is 1. The summed E-state index contributed by atoms with van der Waals surface area (Å²) in [6.07, 6.45) is 0. The average molecular weight is 436 g/mol. The molecular formula is C18H11ClFN3O5S. The number of hydrogen-bond donors (Lipinski definition) is 1. The number of aromatic nitrogens is 1. The van der Waals surface area contributed by atoms with E-state index in [0.717, 1.165) is 17.4 Å². The lowest BCUT2D eigenvalue weighted by Crippen LogP contribution is -2.20. The molecule has 3 rings (SSSR count). The van der Waals surface area contributed by atoms with Crippen molar-refractivity contribution in [2.45, 2.75) is 0 Å². The molecule has 0 fully saturated rings. The average Bonchev–Trinajstić information content (AvgIpc) is 3.15. The van der Waals surface area contributed by atoms with Gasteiger partial charge in [-0.3, -0.25) is 20.2 Å². The zero-order valence-electron chi connectivity index (χ0n) is 14.4. The van der Waals surface area contributed by atoms with Crippen LogP contribution in [0.1, 0.15) is 10.4 Å². The van der Waals surface area contributed by atoms with Crippen LogP contribution in [0.3, 0.4) is 0 Å². The van der Waals surface area contributed by atoms with Crippen molar-refractivity contribution in [3.8, 4) is 11.3 Å². The highest BCUT2D eigenvalue weighted by Crippen LogP contribution is 2.26. The number of anilines is 1. The van der Waals surface area contributed by atoms with Gasteiger partial charge in [-0.1, -0.05) is 11.6 Å². The molecule has 0 aliphatic rings. The minimum atomic E-state index is -0.911. The number of ether oxygens (including phenoxy) is 1. The van der Waals surface area contributed by atoms with E-state index in [-0.39, 0.29) is 21.5 Å². The van der Waals surface area contributed by atoms with E-state index in [1.54, 1.807) is 17.5 Å². The monoisotopic (exact) mass is 435 g/mol. The third-order valence-electron chi connectivity index (χ3n) is 3.60. The van der Waals surface area contributed by atoms with Crippen LogP contribution in [0, 0.1) is 15.9 Å². The summed E-state index contributed by atoms with van der Waals surface area (Å²) in [6.45, 7) is -0.610. The van der Waals surface area contributed by atoms with Crippen molar-refractivity contribution in [3.63, 3.8) is 0 Å². The summed E-state index contributed by atoms with van der Waals surface area (Å²) in [5.74, 6) is -1.92. The Bertz CT molecular complexity index is 1090. The summed E-state index contributed by atoms with van der Waals surface area (Å²) in [5, 5.41) is 15.2. The van der Waals surface area contributed by atoms with Gasteiger partial charge in [-0.05, 0) is 36.4 Å². The second-order valence-corrected chi connectivity index (χ2v) is 6.86. The molecule has 0 aliphatic carbocycles. The first kappa shape index (κ1) is 20.4. The minimum Gasteiger partial charge on any atom is -0.452 e. The van der Waals surface area contributed by atoms with E-state index in [0.29, 0.717) is 11.3 Å². The number of rotatable bonds is 6. The molecular weight excluding hydrogens is 425 g/mol. The van der Waals surface area contributed by atoms with E-state index in [9.17, 15) is 24.1 Å². The molecule has 0 bridgehead atoms. The van der Waals surface area contributed by atoms with Crippen LogP contribution in [-0.4, -0.2) is 28.4 Å². The number of thiazole rings is 1. The SMILES string of the molecule is O=C(COC(=O)c1ccc(Cl)c([N+](=O)[O-])c1)Nc1nc(-c2ccc(F)cc2)cs1. The Kier molecular flexibility index (Phi) is 6.15. The maximum atomic E-state index is 13.0. The van der Waals surface area contributed by atoms with Crippen LogP contribution in [0.15, 0.2) is 47.8 Å². The summed E-state index contributed by atoms with van der Waals surface area (Å²) in [5.41, 5.74) is 0.679. The molecule has 1 aromatic heterocycles. The Labute approximate surface area is 172 Å². The van der Waals surface area contributed by atoms with Gasteiger partial charge in [0.15, 0.2) is 11.7 Å². The van der Waals surface area contributed by atoms with Crippen LogP contribution < -0.4 is 5.32 Å². The Hall–Kier alpha value is -3.37. The fourth-order valence-electron chi connectivity index (χ4n) is 2.23. The summed E-state index contributed by atoms with van der Waals surface area (Å²) in [4.78, 5) is 38.3. The number of nitro groups is 1. The molecule has 3 aromatic rings. The number of nitro benzene ring substituents is 1. The first-order valence-corrected chi connectivity index (χ1v) is 9.21. The van der Waals surface area contributed by atoms with Gasteiger partial charge >= 0.3 is 5.97 Å². The maximum absolute atomic E-state index is 13.0. The van der Waals surface area contributed by atoms with E-state index in [1.807, 2.05) is 0 Å².